The average molecular weight is 654 g/mol. The Balaban J connectivity index is 1.56. The van der Waals surface area contributed by atoms with Crippen LogP contribution in [0.4, 0.5) is 22.0 Å². The van der Waals surface area contributed by atoms with Crippen molar-refractivity contribution in [2.75, 3.05) is 0 Å². The molecule has 1 aromatic carbocycles. The van der Waals surface area contributed by atoms with Gasteiger partial charge in [-0.25, -0.2) is 14.5 Å². The Morgan fingerprint density at radius 3 is 2.09 bits per heavy atom. The number of rotatable bonds is 8. The molecule has 0 saturated heterocycles. The smallest absolute Gasteiger partial charge is 0.422 e. The van der Waals surface area contributed by atoms with Gasteiger partial charge in [0, 0.05) is 11.6 Å². The van der Waals surface area contributed by atoms with E-state index in [4.69, 9.17) is 18.0 Å². The molecule has 45 heavy (non-hydrogen) atoms. The molecule has 0 aliphatic rings. The summed E-state index contributed by atoms with van der Waals surface area (Å²) in [6.45, 7) is 9.98. The van der Waals surface area contributed by atoms with Gasteiger partial charge in [0.2, 0.25) is 6.39 Å². The maximum absolute atomic E-state index is 14.7. The summed E-state index contributed by atoms with van der Waals surface area (Å²) in [5.41, 5.74) is -2.15. The van der Waals surface area contributed by atoms with Crippen molar-refractivity contribution in [2.45, 2.75) is 71.5 Å². The fourth-order valence-corrected chi connectivity index (χ4v) is 6.13. The molecule has 0 unspecified atom stereocenters. The van der Waals surface area contributed by atoms with Crippen molar-refractivity contribution < 1.29 is 44.5 Å². The van der Waals surface area contributed by atoms with Gasteiger partial charge in [-0.05, 0) is 76.4 Å². The van der Waals surface area contributed by atoms with E-state index in [1.807, 2.05) is 0 Å². The second-order valence-corrected chi connectivity index (χ2v) is 13.6. The van der Waals surface area contributed by atoms with E-state index in [-0.39, 0.29) is 40.4 Å². The fourth-order valence-electron chi connectivity index (χ4n) is 4.34. The Morgan fingerprint density at radius 1 is 0.889 bits per heavy atom. The molecule has 0 fully saturated rings. The minimum Gasteiger partial charge on any atom is -0.422 e. The van der Waals surface area contributed by atoms with E-state index in [1.165, 1.54) is 28.8 Å². The highest BCUT2D eigenvalue weighted by molar-refractivity contribution is 7.48. The molecule has 0 saturated carbocycles. The lowest BCUT2D eigenvalue weighted by Crippen LogP contribution is -2.34. The van der Waals surface area contributed by atoms with Crippen molar-refractivity contribution in [1.82, 2.24) is 24.6 Å². The molecule has 0 atom stereocenters. The molecule has 10 nitrogen and oxygen atoms in total. The molecule has 5 rings (SSSR count). The second-order valence-electron chi connectivity index (χ2n) is 12.1. The molecule has 0 aliphatic carbocycles. The summed E-state index contributed by atoms with van der Waals surface area (Å²) in [4.78, 5) is 8.07. The van der Waals surface area contributed by atoms with Crippen LogP contribution in [-0.4, -0.2) is 41.9 Å². The van der Waals surface area contributed by atoms with Gasteiger partial charge in [-0.3, -0.25) is 18.0 Å². The average Bonchev–Trinajstić information content (AvgIpc) is 3.59. The highest BCUT2D eigenvalue weighted by Gasteiger charge is 2.60. The first-order chi connectivity index (χ1) is 20.7. The van der Waals surface area contributed by atoms with E-state index in [0.717, 1.165) is 6.39 Å². The van der Waals surface area contributed by atoms with E-state index < -0.39 is 36.8 Å². The first-order valence-corrected chi connectivity index (χ1v) is 15.0. The van der Waals surface area contributed by atoms with Crippen molar-refractivity contribution in [3.8, 4) is 22.7 Å². The molecule has 0 amide bonds. The molecule has 0 aliphatic heterocycles. The number of hydrogen-bond donors (Lipinski definition) is 0. The zero-order chi connectivity index (χ0) is 33.0. The summed E-state index contributed by atoms with van der Waals surface area (Å²) in [5, 5.41) is 7.61. The number of alkyl halides is 5. The van der Waals surface area contributed by atoms with E-state index in [0.29, 0.717) is 17.2 Å². The molecule has 0 spiro atoms. The molecular weight excluding hydrogens is 624 g/mol. The number of phosphoric acid groups is 1. The standard InChI is InChI=1S/C29H29F5N5O5P/c1-26(2,3)43-45(40,44-27(4,5)6)42-15-17-7-9-18(10-8-17)20-13-22(28(30,31)29(32,33)34)37-24-19(20)11-12-23-36-21(14-39(23)24)25-38-35-16-41-25/h7-14,16H,15H2,1-6H3. The highest BCUT2D eigenvalue weighted by atomic mass is 31.2. The van der Waals surface area contributed by atoms with E-state index in [2.05, 4.69) is 20.2 Å². The summed E-state index contributed by atoms with van der Waals surface area (Å²) in [6.07, 6.45) is -3.48. The van der Waals surface area contributed by atoms with Crippen molar-refractivity contribution in [3.05, 3.63) is 66.3 Å². The van der Waals surface area contributed by atoms with Gasteiger partial charge in [0.1, 0.15) is 22.7 Å². The molecule has 0 N–H and O–H groups in total. The van der Waals surface area contributed by atoms with E-state index >= 15 is 0 Å². The van der Waals surface area contributed by atoms with Crippen molar-refractivity contribution in [2.24, 2.45) is 0 Å². The van der Waals surface area contributed by atoms with Gasteiger partial charge in [-0.2, -0.15) is 22.0 Å². The van der Waals surface area contributed by atoms with Gasteiger partial charge >= 0.3 is 19.9 Å². The van der Waals surface area contributed by atoms with Crippen molar-refractivity contribution in [1.29, 1.82) is 0 Å². The van der Waals surface area contributed by atoms with Crippen molar-refractivity contribution in [3.63, 3.8) is 0 Å². The number of nitrogens with zero attached hydrogens (tertiary/aromatic N) is 5. The molecule has 16 heteroatoms. The fraction of sp³-hybridized carbons (Fsp3) is 0.379. The Morgan fingerprint density at radius 2 is 1.53 bits per heavy atom. The number of benzene rings is 1. The zero-order valence-corrected chi connectivity index (χ0v) is 25.9. The number of halogens is 5. The van der Waals surface area contributed by atoms with Crippen LogP contribution in [-0.2, 0) is 30.7 Å². The Labute approximate surface area is 254 Å². The highest BCUT2D eigenvalue weighted by Crippen LogP contribution is 2.56. The normalized spacial score (nSPS) is 13.7. The van der Waals surface area contributed by atoms with Gasteiger partial charge in [-0.1, -0.05) is 24.3 Å². The number of phosphoric ester groups is 1. The summed E-state index contributed by atoms with van der Waals surface area (Å²) in [7, 11) is -4.03. The lowest BCUT2D eigenvalue weighted by atomic mass is 9.99. The van der Waals surface area contributed by atoms with Gasteiger partial charge in [0.05, 0.1) is 17.8 Å². The summed E-state index contributed by atoms with van der Waals surface area (Å²) >= 11 is 0. The third kappa shape index (κ3) is 7.06. The molecular formula is C29H29F5N5O5P. The number of hydrogen-bond acceptors (Lipinski definition) is 9. The van der Waals surface area contributed by atoms with Crippen LogP contribution in [0.1, 0.15) is 52.8 Å². The lowest BCUT2D eigenvalue weighted by Gasteiger charge is -2.30. The van der Waals surface area contributed by atoms with Gasteiger partial charge in [0.25, 0.3) is 5.89 Å². The summed E-state index contributed by atoms with van der Waals surface area (Å²) in [6, 6.07) is 9.95. The maximum Gasteiger partial charge on any atom is 0.476 e. The largest absolute Gasteiger partial charge is 0.476 e. The molecule has 0 bridgehead atoms. The summed E-state index contributed by atoms with van der Waals surface area (Å²) < 4.78 is 107. The predicted octanol–water partition coefficient (Wildman–Crippen LogP) is 8.51. The van der Waals surface area contributed by atoms with E-state index in [9.17, 15) is 26.5 Å². The first kappa shape index (κ1) is 32.6. The Bertz CT molecular complexity index is 1860. The van der Waals surface area contributed by atoms with Gasteiger partial charge < -0.3 is 4.42 Å². The zero-order valence-electron chi connectivity index (χ0n) is 25.0. The van der Waals surface area contributed by atoms with Crippen LogP contribution in [0.25, 0.3) is 39.4 Å². The monoisotopic (exact) mass is 653 g/mol. The Kier molecular flexibility index (Phi) is 8.14. The van der Waals surface area contributed by atoms with Crippen LogP contribution in [0.5, 0.6) is 0 Å². The SMILES string of the molecule is CC(C)(C)OP(=O)(OCc1ccc(-c2cc(C(F)(F)C(F)(F)F)nc3c2ccc2nc(-c4nnco4)cn23)cc1)OC(C)(C)C. The number of fused-ring (bicyclic) bond motifs is 3. The molecule has 4 aromatic heterocycles. The van der Waals surface area contributed by atoms with Crippen LogP contribution in [0.3, 0.4) is 0 Å². The molecule has 240 valence electrons. The van der Waals surface area contributed by atoms with Crippen LogP contribution in [0, 0.1) is 0 Å². The molecule has 5 aromatic rings. The van der Waals surface area contributed by atoms with Gasteiger partial charge in [0.15, 0.2) is 0 Å². The topological polar surface area (TPSA) is 114 Å². The maximum atomic E-state index is 14.7. The lowest BCUT2D eigenvalue weighted by molar-refractivity contribution is -0.290. The van der Waals surface area contributed by atoms with Crippen molar-refractivity contribution >= 4 is 24.5 Å². The third-order valence-corrected chi connectivity index (χ3v) is 8.07. The Hall–Kier alpha value is -3.78. The minimum absolute atomic E-state index is 0.0204. The van der Waals surface area contributed by atoms with Gasteiger partial charge in [-0.15, -0.1) is 10.2 Å². The minimum atomic E-state index is -5.90. The number of aromatic nitrogens is 5. The molecule has 0 radical (unpaired) electrons. The summed E-state index contributed by atoms with van der Waals surface area (Å²) in [5.74, 6) is -5.24. The van der Waals surface area contributed by atoms with Crippen LogP contribution in [0.15, 0.2) is 59.5 Å². The van der Waals surface area contributed by atoms with Crippen LogP contribution >= 0.6 is 7.82 Å². The van der Waals surface area contributed by atoms with E-state index in [1.54, 1.807) is 59.7 Å². The number of pyridine rings is 2. The first-order valence-electron chi connectivity index (χ1n) is 13.5. The number of imidazole rings is 1. The predicted molar refractivity (Wildman–Crippen MR) is 153 cm³/mol. The second kappa shape index (κ2) is 11.2. The van der Waals surface area contributed by atoms with Crippen LogP contribution in [0.2, 0.25) is 0 Å². The van der Waals surface area contributed by atoms with Crippen LogP contribution < -0.4 is 0 Å². The third-order valence-electron chi connectivity index (χ3n) is 6.08. The molecule has 4 heterocycles. The quantitative estimate of drug-likeness (QED) is 0.120.